The molecule has 220 valence electrons. The third kappa shape index (κ3) is 4.25. The normalized spacial score (nSPS) is 28.0. The Labute approximate surface area is 255 Å². The molecule has 0 radical (unpaired) electrons. The van der Waals surface area contributed by atoms with Crippen LogP contribution in [0, 0.1) is 11.3 Å². The molecule has 1 spiro atoms. The van der Waals surface area contributed by atoms with Gasteiger partial charge < -0.3 is 0 Å². The maximum Gasteiger partial charge on any atom is 0.168 e. The van der Waals surface area contributed by atoms with E-state index in [1.165, 1.54) is 33.4 Å². The largest absolute Gasteiger partial charge is 0.294 e. The minimum atomic E-state index is -1.20. The van der Waals surface area contributed by atoms with Crippen LogP contribution in [0.1, 0.15) is 101 Å². The van der Waals surface area contributed by atoms with Gasteiger partial charge in [-0.1, -0.05) is 120 Å². The number of carbonyl (C=O) groups excluding carboxylic acids is 1. The third-order valence-electron chi connectivity index (χ3n) is 10.9. The lowest BCUT2D eigenvalue weighted by atomic mass is 9.59. The molecule has 42 heavy (non-hydrogen) atoms. The highest BCUT2D eigenvalue weighted by Gasteiger charge is 2.82. The first-order chi connectivity index (χ1) is 19.6. The zero-order valence-corrected chi connectivity index (χ0v) is 27.5. The smallest absolute Gasteiger partial charge is 0.168 e. The van der Waals surface area contributed by atoms with Gasteiger partial charge in [0.2, 0.25) is 0 Å². The predicted molar refractivity (Wildman–Crippen MR) is 176 cm³/mol. The molecule has 3 heteroatoms. The molecular formula is C39H46O2S. The Bertz CT molecular complexity index is 1580. The van der Waals surface area contributed by atoms with Crippen LogP contribution in [0.25, 0.3) is 0 Å². The standard InChI is InChI=1S/C39H46O2S/c1-35(2,3)29-18-14-26(15-19-29)24-31-32(25-27-16-20-30(21-17-27)36(4,5)6)38(8)39(22-23-39)34(37(31,7)42(38)41)33(40)28-12-10-9-11-13-28/h9-21,34H,22-25H2,1-8H3. The van der Waals surface area contributed by atoms with Crippen LogP contribution in [0.3, 0.4) is 0 Å². The Morgan fingerprint density at radius 1 is 0.714 bits per heavy atom. The second-order valence-electron chi connectivity index (χ2n) is 15.4. The van der Waals surface area contributed by atoms with E-state index in [4.69, 9.17) is 0 Å². The molecule has 0 aromatic heterocycles. The van der Waals surface area contributed by atoms with Crippen molar-refractivity contribution in [3.63, 3.8) is 0 Å². The second kappa shape index (κ2) is 9.61. The summed E-state index contributed by atoms with van der Waals surface area (Å²) < 4.78 is 13.7. The van der Waals surface area contributed by atoms with Gasteiger partial charge in [0, 0.05) is 21.8 Å². The van der Waals surface area contributed by atoms with Crippen LogP contribution in [0.15, 0.2) is 90.0 Å². The minimum absolute atomic E-state index is 0.0844. The number of rotatable bonds is 6. The molecule has 2 bridgehead atoms. The van der Waals surface area contributed by atoms with Gasteiger partial charge >= 0.3 is 0 Å². The highest BCUT2D eigenvalue weighted by molar-refractivity contribution is 7.89. The number of fused-ring (bicyclic) bond motifs is 3. The lowest BCUT2D eigenvalue weighted by Gasteiger charge is -2.41. The van der Waals surface area contributed by atoms with E-state index in [0.717, 1.165) is 31.2 Å². The maximum atomic E-state index is 14.9. The van der Waals surface area contributed by atoms with Gasteiger partial charge in [0.25, 0.3) is 0 Å². The molecule has 1 saturated heterocycles. The van der Waals surface area contributed by atoms with Crippen molar-refractivity contribution in [2.75, 3.05) is 0 Å². The van der Waals surface area contributed by atoms with Crippen molar-refractivity contribution < 1.29 is 9.00 Å². The maximum absolute atomic E-state index is 14.9. The number of hydrogen-bond acceptors (Lipinski definition) is 2. The van der Waals surface area contributed by atoms with Crippen molar-refractivity contribution in [3.05, 3.63) is 118 Å². The van der Waals surface area contributed by atoms with Gasteiger partial charge in [-0.2, -0.15) is 0 Å². The van der Waals surface area contributed by atoms with Crippen molar-refractivity contribution in [1.82, 2.24) is 0 Å². The van der Waals surface area contributed by atoms with Crippen molar-refractivity contribution in [2.45, 2.75) is 101 Å². The van der Waals surface area contributed by atoms with Crippen molar-refractivity contribution >= 4 is 16.6 Å². The Kier molecular flexibility index (Phi) is 6.71. The Morgan fingerprint density at radius 2 is 1.17 bits per heavy atom. The molecule has 4 atom stereocenters. The SMILES string of the molecule is CC(C)(C)c1ccc(CC2=C(Cc3ccc(C(C)(C)C)cc3)C3(C)S(=O)C2(C)C(C(=O)c2ccccc2)C32CC2)cc1. The van der Waals surface area contributed by atoms with Crippen molar-refractivity contribution in [1.29, 1.82) is 0 Å². The van der Waals surface area contributed by atoms with E-state index >= 15 is 0 Å². The molecule has 3 aromatic carbocycles. The number of benzene rings is 3. The molecule has 2 fully saturated rings. The fourth-order valence-electron chi connectivity index (χ4n) is 8.19. The first-order valence-electron chi connectivity index (χ1n) is 15.6. The summed E-state index contributed by atoms with van der Waals surface area (Å²) in [5, 5.41) is 0. The van der Waals surface area contributed by atoms with Gasteiger partial charge in [-0.25, -0.2) is 0 Å². The quantitative estimate of drug-likeness (QED) is 0.216. The summed E-state index contributed by atoms with van der Waals surface area (Å²) in [6.07, 6.45) is 3.44. The first kappa shape index (κ1) is 29.3. The van der Waals surface area contributed by atoms with Crippen LogP contribution in [0.2, 0.25) is 0 Å². The van der Waals surface area contributed by atoms with E-state index in [-0.39, 0.29) is 27.9 Å². The van der Waals surface area contributed by atoms with E-state index in [2.05, 4.69) is 104 Å². The average Bonchev–Trinajstić information content (AvgIpc) is 3.70. The van der Waals surface area contributed by atoms with Gasteiger partial charge in [0.1, 0.15) is 0 Å². The summed E-state index contributed by atoms with van der Waals surface area (Å²) >= 11 is 0. The molecule has 2 nitrogen and oxygen atoms in total. The van der Waals surface area contributed by atoms with Gasteiger partial charge in [-0.15, -0.1) is 0 Å². The summed E-state index contributed by atoms with van der Waals surface area (Å²) in [7, 11) is -1.20. The van der Waals surface area contributed by atoms with Crippen LogP contribution in [0.5, 0.6) is 0 Å². The molecule has 2 aliphatic heterocycles. The zero-order chi connectivity index (χ0) is 30.3. The highest BCUT2D eigenvalue weighted by atomic mass is 32.2. The molecule has 3 aliphatic rings. The van der Waals surface area contributed by atoms with Gasteiger partial charge in [0.05, 0.1) is 15.4 Å². The van der Waals surface area contributed by atoms with Crippen LogP contribution in [-0.2, 0) is 34.5 Å². The Hall–Kier alpha value is -2.78. The number of Topliss-reactive ketones (excluding diaryl/α,β-unsaturated/α-hetero) is 1. The summed E-state index contributed by atoms with van der Waals surface area (Å²) in [4.78, 5) is 14.4. The average molecular weight is 579 g/mol. The topological polar surface area (TPSA) is 34.1 Å². The van der Waals surface area contributed by atoms with E-state index in [1.54, 1.807) is 0 Å². The Balaban J connectivity index is 1.49. The van der Waals surface area contributed by atoms with Gasteiger partial charge in [-0.3, -0.25) is 9.00 Å². The summed E-state index contributed by atoms with van der Waals surface area (Å²) in [6.45, 7) is 17.9. The van der Waals surface area contributed by atoms with E-state index in [0.29, 0.717) is 0 Å². The number of ketones is 1. The van der Waals surface area contributed by atoms with Crippen LogP contribution < -0.4 is 0 Å². The lowest BCUT2D eigenvalue weighted by molar-refractivity contribution is 0.0814. The molecule has 1 aliphatic carbocycles. The fourth-order valence-corrected chi connectivity index (χ4v) is 11.1. The summed E-state index contributed by atoms with van der Waals surface area (Å²) in [6, 6.07) is 27.7. The summed E-state index contributed by atoms with van der Waals surface area (Å²) in [5.74, 6) is -0.101. The molecule has 0 N–H and O–H groups in total. The zero-order valence-electron chi connectivity index (χ0n) is 26.6. The predicted octanol–water partition coefficient (Wildman–Crippen LogP) is 8.94. The highest BCUT2D eigenvalue weighted by Crippen LogP contribution is 2.78. The van der Waals surface area contributed by atoms with Gasteiger partial charge in [0.15, 0.2) is 5.78 Å². The molecule has 3 aromatic rings. The minimum Gasteiger partial charge on any atom is -0.294 e. The molecule has 2 heterocycles. The van der Waals surface area contributed by atoms with Gasteiger partial charge in [-0.05, 0) is 83.8 Å². The summed E-state index contributed by atoms with van der Waals surface area (Å²) in [5.41, 5.74) is 8.36. The molecule has 1 saturated carbocycles. The van der Waals surface area contributed by atoms with Crippen LogP contribution in [-0.4, -0.2) is 19.5 Å². The van der Waals surface area contributed by atoms with Crippen LogP contribution >= 0.6 is 0 Å². The molecular weight excluding hydrogens is 532 g/mol. The lowest BCUT2D eigenvalue weighted by Crippen LogP contribution is -2.47. The Morgan fingerprint density at radius 3 is 1.60 bits per heavy atom. The molecule has 6 rings (SSSR count). The first-order valence-corrected chi connectivity index (χ1v) is 16.7. The van der Waals surface area contributed by atoms with E-state index < -0.39 is 20.3 Å². The molecule has 4 unspecified atom stereocenters. The fraction of sp³-hybridized carbons (Fsp3) is 0.462. The van der Waals surface area contributed by atoms with Crippen molar-refractivity contribution in [2.24, 2.45) is 11.3 Å². The number of carbonyl (C=O) groups is 1. The van der Waals surface area contributed by atoms with E-state index in [9.17, 15) is 9.00 Å². The molecule has 0 amide bonds. The number of hydrogen-bond donors (Lipinski definition) is 0. The van der Waals surface area contributed by atoms with Crippen LogP contribution in [0.4, 0.5) is 0 Å². The monoisotopic (exact) mass is 578 g/mol. The van der Waals surface area contributed by atoms with Crippen molar-refractivity contribution in [3.8, 4) is 0 Å². The second-order valence-corrected chi connectivity index (χ2v) is 17.6. The van der Waals surface area contributed by atoms with E-state index in [1.807, 2.05) is 30.3 Å². The third-order valence-corrected chi connectivity index (χ3v) is 13.5.